The van der Waals surface area contributed by atoms with Gasteiger partial charge in [-0.2, -0.15) is 8.78 Å². The summed E-state index contributed by atoms with van der Waals surface area (Å²) < 4.78 is 41.2. The highest BCUT2D eigenvalue weighted by Crippen LogP contribution is 2.28. The topological polar surface area (TPSA) is 61.8 Å². The lowest BCUT2D eigenvalue weighted by Gasteiger charge is -2.14. The number of hydrogen-bond donors (Lipinski definition) is 0. The van der Waals surface area contributed by atoms with E-state index in [0.29, 0.717) is 0 Å². The number of carbonyl (C=O) groups excluding carboxylic acids is 2. The maximum Gasteiger partial charge on any atom is 0.404 e. The molecule has 0 radical (unpaired) electrons. The summed E-state index contributed by atoms with van der Waals surface area (Å²) in [4.78, 5) is 22.9. The molecule has 1 rings (SSSR count). The lowest BCUT2D eigenvalue weighted by molar-refractivity contribution is -0.164. The molecule has 0 aliphatic heterocycles. The number of alkyl halides is 2. The van der Waals surface area contributed by atoms with Gasteiger partial charge in [-0.3, -0.25) is 4.79 Å². The average molecular weight is 288 g/mol. The molecular weight excluding hydrogens is 274 g/mol. The van der Waals surface area contributed by atoms with Crippen molar-refractivity contribution in [3.8, 4) is 11.5 Å². The maximum atomic E-state index is 13.6. The van der Waals surface area contributed by atoms with Crippen molar-refractivity contribution in [3.63, 3.8) is 0 Å². The first-order valence-electron chi connectivity index (χ1n) is 5.69. The van der Waals surface area contributed by atoms with E-state index in [9.17, 15) is 18.4 Å². The third kappa shape index (κ3) is 3.23. The Morgan fingerprint density at radius 1 is 1.10 bits per heavy atom. The molecule has 0 N–H and O–H groups in total. The third-order valence-electron chi connectivity index (χ3n) is 2.43. The zero-order valence-electron chi connectivity index (χ0n) is 11.2. The number of benzene rings is 1. The van der Waals surface area contributed by atoms with Gasteiger partial charge in [-0.05, 0) is 19.1 Å². The molecule has 0 atom stereocenters. The molecule has 1 aromatic carbocycles. The SMILES string of the molecule is CCOC(=O)C(F)(F)C(=O)c1cc(OC)cc(OC)c1. The fourth-order valence-electron chi connectivity index (χ4n) is 1.43. The van der Waals surface area contributed by atoms with E-state index < -0.39 is 23.2 Å². The highest BCUT2D eigenvalue weighted by atomic mass is 19.3. The van der Waals surface area contributed by atoms with Crippen LogP contribution in [0.3, 0.4) is 0 Å². The van der Waals surface area contributed by atoms with E-state index in [4.69, 9.17) is 9.47 Å². The van der Waals surface area contributed by atoms with Gasteiger partial charge in [0.05, 0.1) is 20.8 Å². The van der Waals surface area contributed by atoms with E-state index in [-0.39, 0.29) is 18.1 Å². The number of methoxy groups -OCH3 is 2. The van der Waals surface area contributed by atoms with Gasteiger partial charge in [0.1, 0.15) is 11.5 Å². The number of ketones is 1. The standard InChI is InChI=1S/C13H14F2O5/c1-4-20-12(17)13(14,15)11(16)8-5-9(18-2)7-10(6-8)19-3/h5-7H,4H2,1-3H3. The predicted octanol–water partition coefficient (Wildman–Crippen LogP) is 2.08. The van der Waals surface area contributed by atoms with Crippen LogP contribution in [0.15, 0.2) is 18.2 Å². The Hall–Kier alpha value is -2.18. The Bertz CT molecular complexity index is 491. The molecule has 0 aliphatic carbocycles. The van der Waals surface area contributed by atoms with Crippen molar-refractivity contribution in [2.45, 2.75) is 12.8 Å². The van der Waals surface area contributed by atoms with Crippen molar-refractivity contribution in [3.05, 3.63) is 23.8 Å². The molecule has 1 aromatic rings. The van der Waals surface area contributed by atoms with Crippen LogP contribution in [0.2, 0.25) is 0 Å². The highest BCUT2D eigenvalue weighted by molar-refractivity contribution is 6.14. The number of esters is 1. The van der Waals surface area contributed by atoms with Crippen LogP contribution in [0.4, 0.5) is 8.78 Å². The maximum absolute atomic E-state index is 13.6. The van der Waals surface area contributed by atoms with Crippen LogP contribution in [-0.4, -0.2) is 38.5 Å². The molecule has 7 heteroatoms. The van der Waals surface area contributed by atoms with Gasteiger partial charge in [0.25, 0.3) is 0 Å². The molecule has 5 nitrogen and oxygen atoms in total. The first-order valence-corrected chi connectivity index (χ1v) is 5.69. The monoisotopic (exact) mass is 288 g/mol. The van der Waals surface area contributed by atoms with Gasteiger partial charge in [0, 0.05) is 11.6 Å². The zero-order chi connectivity index (χ0) is 15.3. The Morgan fingerprint density at radius 3 is 2.00 bits per heavy atom. The summed E-state index contributed by atoms with van der Waals surface area (Å²) >= 11 is 0. The number of rotatable bonds is 6. The molecule has 0 bridgehead atoms. The first kappa shape index (κ1) is 15.9. The molecular formula is C13H14F2O5. The number of hydrogen-bond acceptors (Lipinski definition) is 5. The Kier molecular flexibility index (Phi) is 5.01. The number of halogens is 2. The first-order chi connectivity index (χ1) is 9.36. The molecule has 0 aromatic heterocycles. The normalized spacial score (nSPS) is 10.8. The minimum absolute atomic E-state index is 0.160. The van der Waals surface area contributed by atoms with Gasteiger partial charge >= 0.3 is 11.9 Å². The van der Waals surface area contributed by atoms with E-state index in [2.05, 4.69) is 4.74 Å². The second kappa shape index (κ2) is 6.31. The molecule has 0 heterocycles. The van der Waals surface area contributed by atoms with Crippen LogP contribution in [0, 0.1) is 0 Å². The van der Waals surface area contributed by atoms with Crippen LogP contribution in [0.5, 0.6) is 11.5 Å². The third-order valence-corrected chi connectivity index (χ3v) is 2.43. The number of carbonyl (C=O) groups is 2. The summed E-state index contributed by atoms with van der Waals surface area (Å²) in [6, 6.07) is 3.61. The van der Waals surface area contributed by atoms with Crippen molar-refractivity contribution in [2.24, 2.45) is 0 Å². The smallest absolute Gasteiger partial charge is 0.404 e. The molecule has 0 saturated carbocycles. The molecule has 0 spiro atoms. The largest absolute Gasteiger partial charge is 0.497 e. The number of ether oxygens (including phenoxy) is 3. The number of Topliss-reactive ketones (excluding diaryl/α,β-unsaturated/α-hetero) is 1. The van der Waals surface area contributed by atoms with Gasteiger partial charge in [0.2, 0.25) is 5.78 Å². The van der Waals surface area contributed by atoms with Gasteiger partial charge < -0.3 is 14.2 Å². The minimum Gasteiger partial charge on any atom is -0.497 e. The lowest BCUT2D eigenvalue weighted by Crippen LogP contribution is -2.39. The van der Waals surface area contributed by atoms with E-state index in [1.54, 1.807) is 0 Å². The molecule has 0 unspecified atom stereocenters. The van der Waals surface area contributed by atoms with Gasteiger partial charge in [0.15, 0.2) is 0 Å². The lowest BCUT2D eigenvalue weighted by atomic mass is 10.0. The fourth-order valence-corrected chi connectivity index (χ4v) is 1.43. The highest BCUT2D eigenvalue weighted by Gasteiger charge is 2.49. The van der Waals surface area contributed by atoms with E-state index >= 15 is 0 Å². The average Bonchev–Trinajstić information content (AvgIpc) is 2.45. The van der Waals surface area contributed by atoms with Crippen LogP contribution in [-0.2, 0) is 9.53 Å². The van der Waals surface area contributed by atoms with Gasteiger partial charge in [-0.15, -0.1) is 0 Å². The van der Waals surface area contributed by atoms with E-state index in [0.717, 1.165) is 12.1 Å². The second-order valence-electron chi connectivity index (χ2n) is 3.73. The van der Waals surface area contributed by atoms with Crippen molar-refractivity contribution in [2.75, 3.05) is 20.8 Å². The fraction of sp³-hybridized carbons (Fsp3) is 0.385. The Labute approximate surface area is 114 Å². The van der Waals surface area contributed by atoms with Crippen molar-refractivity contribution in [1.82, 2.24) is 0 Å². The summed E-state index contributed by atoms with van der Waals surface area (Å²) in [5.74, 6) is -7.49. The van der Waals surface area contributed by atoms with Crippen LogP contribution < -0.4 is 9.47 Å². The van der Waals surface area contributed by atoms with Crippen molar-refractivity contribution >= 4 is 11.8 Å². The summed E-state index contributed by atoms with van der Waals surface area (Å²) in [6.45, 7) is 1.12. The zero-order valence-corrected chi connectivity index (χ0v) is 11.2. The predicted molar refractivity (Wildman–Crippen MR) is 65.5 cm³/mol. The molecule has 0 saturated heterocycles. The molecule has 20 heavy (non-hydrogen) atoms. The Balaban J connectivity index is 3.16. The molecule has 110 valence electrons. The summed E-state index contributed by atoms with van der Waals surface area (Å²) in [6.07, 6.45) is 0. The van der Waals surface area contributed by atoms with Gasteiger partial charge in [-0.25, -0.2) is 4.79 Å². The Morgan fingerprint density at radius 2 is 1.60 bits per heavy atom. The second-order valence-corrected chi connectivity index (χ2v) is 3.73. The molecule has 0 amide bonds. The quantitative estimate of drug-likeness (QED) is 0.455. The van der Waals surface area contributed by atoms with Crippen molar-refractivity contribution < 1.29 is 32.6 Å². The van der Waals surface area contributed by atoms with Crippen molar-refractivity contribution in [1.29, 1.82) is 0 Å². The summed E-state index contributed by atoms with van der Waals surface area (Å²) in [7, 11) is 2.62. The van der Waals surface area contributed by atoms with Crippen LogP contribution in [0.25, 0.3) is 0 Å². The van der Waals surface area contributed by atoms with Gasteiger partial charge in [-0.1, -0.05) is 0 Å². The summed E-state index contributed by atoms with van der Waals surface area (Å²) in [5.41, 5.74) is -0.403. The summed E-state index contributed by atoms with van der Waals surface area (Å²) in [5, 5.41) is 0. The molecule has 0 fully saturated rings. The van der Waals surface area contributed by atoms with Crippen LogP contribution >= 0.6 is 0 Å². The molecule has 0 aliphatic rings. The van der Waals surface area contributed by atoms with Crippen LogP contribution in [0.1, 0.15) is 17.3 Å². The van der Waals surface area contributed by atoms with E-state index in [1.165, 1.54) is 27.2 Å². The van der Waals surface area contributed by atoms with E-state index in [1.807, 2.05) is 0 Å². The minimum atomic E-state index is -4.26.